The molecule has 0 radical (unpaired) electrons. The monoisotopic (exact) mass is 385 g/mol. The van der Waals surface area contributed by atoms with E-state index < -0.39 is 0 Å². The number of hydrogen-bond donors (Lipinski definition) is 2. The van der Waals surface area contributed by atoms with E-state index in [1.807, 2.05) is 17.5 Å². The highest BCUT2D eigenvalue weighted by Gasteiger charge is 2.12. The molecule has 2 aromatic rings. The molecule has 0 spiro atoms. The van der Waals surface area contributed by atoms with Crippen molar-refractivity contribution in [2.24, 2.45) is 4.99 Å². The van der Waals surface area contributed by atoms with Crippen LogP contribution in [-0.2, 0) is 19.5 Å². The molecule has 1 aliphatic heterocycles. The summed E-state index contributed by atoms with van der Waals surface area (Å²) < 4.78 is 0. The second-order valence-corrected chi connectivity index (χ2v) is 8.09. The van der Waals surface area contributed by atoms with Gasteiger partial charge in [-0.25, -0.2) is 9.98 Å². The van der Waals surface area contributed by atoms with Gasteiger partial charge in [0.05, 0.1) is 13.1 Å². The molecule has 5 nitrogen and oxygen atoms in total. The topological polar surface area (TPSA) is 52.6 Å². The number of anilines is 1. The Morgan fingerprint density at radius 3 is 2.67 bits per heavy atom. The smallest absolute Gasteiger partial charge is 0.191 e. The second-order valence-electron chi connectivity index (χ2n) is 6.84. The third-order valence-corrected chi connectivity index (χ3v) is 5.98. The van der Waals surface area contributed by atoms with Crippen molar-refractivity contribution in [2.45, 2.75) is 52.6 Å². The first kappa shape index (κ1) is 19.7. The van der Waals surface area contributed by atoms with Crippen LogP contribution in [0.1, 0.15) is 48.4 Å². The third-order valence-electron chi connectivity index (χ3n) is 4.75. The highest BCUT2D eigenvalue weighted by atomic mass is 32.1. The van der Waals surface area contributed by atoms with Crippen molar-refractivity contribution in [2.75, 3.05) is 24.5 Å². The molecule has 0 unspecified atom stereocenters. The predicted octanol–water partition coefficient (Wildman–Crippen LogP) is 3.95. The van der Waals surface area contributed by atoms with Crippen LogP contribution >= 0.6 is 11.3 Å². The molecule has 0 amide bonds. The first-order chi connectivity index (χ1) is 13.3. The van der Waals surface area contributed by atoms with Gasteiger partial charge >= 0.3 is 0 Å². The molecule has 2 N–H and O–H groups in total. The van der Waals surface area contributed by atoms with Crippen LogP contribution in [-0.4, -0.2) is 30.6 Å². The van der Waals surface area contributed by atoms with Crippen molar-refractivity contribution in [1.29, 1.82) is 0 Å². The molecule has 6 heteroatoms. The Morgan fingerprint density at radius 1 is 1.11 bits per heavy atom. The highest BCUT2D eigenvalue weighted by molar-refractivity contribution is 7.11. The number of aliphatic imine (C=N–C) groups is 1. The van der Waals surface area contributed by atoms with Crippen molar-refractivity contribution >= 4 is 23.1 Å². The minimum absolute atomic E-state index is 0.656. The quantitative estimate of drug-likeness (QED) is 0.560. The molecule has 3 rings (SSSR count). The molecule has 0 aliphatic carbocycles. The van der Waals surface area contributed by atoms with E-state index >= 15 is 0 Å². The van der Waals surface area contributed by atoms with Gasteiger partial charge in [0.1, 0.15) is 5.82 Å². The zero-order valence-corrected chi connectivity index (χ0v) is 17.3. The van der Waals surface area contributed by atoms with Crippen molar-refractivity contribution in [3.05, 3.63) is 45.8 Å². The summed E-state index contributed by atoms with van der Waals surface area (Å²) in [5.74, 6) is 1.95. The molecule has 0 atom stereocenters. The molecule has 2 aromatic heterocycles. The SMILES string of the molecule is CCNC(=NCc1ccnc(N2CCCCC2)c1)NCc1ccc(CC)s1. The van der Waals surface area contributed by atoms with Crippen molar-refractivity contribution in [1.82, 2.24) is 15.6 Å². The van der Waals surface area contributed by atoms with Gasteiger partial charge in [0, 0.05) is 35.6 Å². The number of pyridine rings is 1. The molecular formula is C21H31N5S. The Hall–Kier alpha value is -2.08. The number of nitrogens with one attached hydrogen (secondary N) is 2. The van der Waals surface area contributed by atoms with Crippen molar-refractivity contribution in [3.8, 4) is 0 Å². The van der Waals surface area contributed by atoms with Crippen LogP contribution < -0.4 is 15.5 Å². The summed E-state index contributed by atoms with van der Waals surface area (Å²) in [5.41, 5.74) is 1.20. The van der Waals surface area contributed by atoms with E-state index in [1.165, 1.54) is 34.6 Å². The van der Waals surface area contributed by atoms with Gasteiger partial charge < -0.3 is 15.5 Å². The van der Waals surface area contributed by atoms with Gasteiger partial charge in [-0.05, 0) is 62.4 Å². The fourth-order valence-electron chi connectivity index (χ4n) is 3.25. The van der Waals surface area contributed by atoms with Gasteiger partial charge in [0.2, 0.25) is 0 Å². The first-order valence-electron chi connectivity index (χ1n) is 10.1. The molecular weight excluding hydrogens is 354 g/mol. The standard InChI is InChI=1S/C21H31N5S/c1-3-18-8-9-19(27-18)16-25-21(22-4-2)24-15-17-10-11-23-20(14-17)26-12-6-5-7-13-26/h8-11,14H,3-7,12-13,15-16H2,1-2H3,(H2,22,24,25). The normalized spacial score (nSPS) is 15.0. The maximum atomic E-state index is 4.76. The summed E-state index contributed by atoms with van der Waals surface area (Å²) in [7, 11) is 0. The van der Waals surface area contributed by atoms with Crippen LogP contribution in [0.15, 0.2) is 35.5 Å². The number of piperidine rings is 1. The lowest BCUT2D eigenvalue weighted by atomic mass is 10.1. The van der Waals surface area contributed by atoms with Crippen molar-refractivity contribution < 1.29 is 0 Å². The first-order valence-corrected chi connectivity index (χ1v) is 10.9. The fourth-order valence-corrected chi connectivity index (χ4v) is 4.14. The van der Waals surface area contributed by atoms with Crippen LogP contribution in [0.2, 0.25) is 0 Å². The minimum atomic E-state index is 0.656. The summed E-state index contributed by atoms with van der Waals surface area (Å²) >= 11 is 1.87. The number of aryl methyl sites for hydroxylation is 1. The molecule has 0 bridgehead atoms. The third kappa shape index (κ3) is 5.96. The van der Waals surface area contributed by atoms with Crippen molar-refractivity contribution in [3.63, 3.8) is 0 Å². The predicted molar refractivity (Wildman–Crippen MR) is 116 cm³/mol. The number of rotatable bonds is 7. The minimum Gasteiger partial charge on any atom is -0.357 e. The van der Waals surface area contributed by atoms with Crippen LogP contribution in [0.3, 0.4) is 0 Å². The summed E-state index contributed by atoms with van der Waals surface area (Å²) in [4.78, 5) is 14.5. The van der Waals surface area contributed by atoms with Crippen LogP contribution in [0.4, 0.5) is 5.82 Å². The molecule has 3 heterocycles. The average Bonchev–Trinajstić information content (AvgIpc) is 3.19. The fraction of sp³-hybridized carbons (Fsp3) is 0.524. The Morgan fingerprint density at radius 2 is 1.93 bits per heavy atom. The van der Waals surface area contributed by atoms with E-state index in [0.717, 1.165) is 44.4 Å². The van der Waals surface area contributed by atoms with E-state index in [9.17, 15) is 0 Å². The molecule has 1 saturated heterocycles. The average molecular weight is 386 g/mol. The lowest BCUT2D eigenvalue weighted by molar-refractivity contribution is 0.573. The van der Waals surface area contributed by atoms with Gasteiger partial charge in [0.15, 0.2) is 5.96 Å². The molecule has 0 aromatic carbocycles. The summed E-state index contributed by atoms with van der Waals surface area (Å²) in [6, 6.07) is 8.66. The zero-order chi connectivity index (χ0) is 18.9. The Kier molecular flexibility index (Phi) is 7.51. The maximum Gasteiger partial charge on any atom is 0.191 e. The number of aromatic nitrogens is 1. The van der Waals surface area contributed by atoms with Crippen LogP contribution in [0.25, 0.3) is 0 Å². The molecule has 0 saturated carbocycles. The van der Waals surface area contributed by atoms with E-state index in [0.29, 0.717) is 6.54 Å². The lowest BCUT2D eigenvalue weighted by Crippen LogP contribution is -2.36. The van der Waals surface area contributed by atoms with Gasteiger partial charge in [-0.3, -0.25) is 0 Å². The van der Waals surface area contributed by atoms with Gasteiger partial charge in [-0.2, -0.15) is 0 Å². The largest absolute Gasteiger partial charge is 0.357 e. The summed E-state index contributed by atoms with van der Waals surface area (Å²) in [6.07, 6.45) is 6.87. The number of nitrogens with zero attached hydrogens (tertiary/aromatic N) is 3. The number of thiophene rings is 1. The Bertz CT molecular complexity index is 734. The number of hydrogen-bond acceptors (Lipinski definition) is 4. The zero-order valence-electron chi connectivity index (χ0n) is 16.5. The van der Waals surface area contributed by atoms with E-state index in [1.54, 1.807) is 0 Å². The molecule has 27 heavy (non-hydrogen) atoms. The van der Waals surface area contributed by atoms with Crippen LogP contribution in [0.5, 0.6) is 0 Å². The van der Waals surface area contributed by atoms with E-state index in [-0.39, 0.29) is 0 Å². The molecule has 1 aliphatic rings. The Balaban J connectivity index is 1.60. The second kappa shape index (κ2) is 10.3. The number of guanidine groups is 1. The van der Waals surface area contributed by atoms with Gasteiger partial charge in [0.25, 0.3) is 0 Å². The van der Waals surface area contributed by atoms with Gasteiger partial charge in [-0.1, -0.05) is 6.92 Å². The molecule has 1 fully saturated rings. The van der Waals surface area contributed by atoms with Crippen LogP contribution in [0, 0.1) is 0 Å². The maximum absolute atomic E-state index is 4.76. The lowest BCUT2D eigenvalue weighted by Gasteiger charge is -2.27. The summed E-state index contributed by atoms with van der Waals surface area (Å²) in [5, 5.41) is 6.79. The van der Waals surface area contributed by atoms with E-state index in [4.69, 9.17) is 4.99 Å². The summed E-state index contributed by atoms with van der Waals surface area (Å²) in [6.45, 7) is 8.84. The Labute approximate surface area is 166 Å². The highest BCUT2D eigenvalue weighted by Crippen LogP contribution is 2.19. The van der Waals surface area contributed by atoms with Gasteiger partial charge in [-0.15, -0.1) is 11.3 Å². The van der Waals surface area contributed by atoms with E-state index in [2.05, 4.69) is 58.6 Å². The molecule has 146 valence electrons.